The van der Waals surface area contributed by atoms with Crippen molar-refractivity contribution in [3.8, 4) is 17.1 Å². The van der Waals surface area contributed by atoms with Gasteiger partial charge < -0.3 is 10.1 Å². The summed E-state index contributed by atoms with van der Waals surface area (Å²) < 4.78 is 7.77. The van der Waals surface area contributed by atoms with E-state index in [2.05, 4.69) is 25.1 Å². The van der Waals surface area contributed by atoms with Crippen molar-refractivity contribution in [1.82, 2.24) is 19.7 Å². The molecule has 2 heterocycles. The van der Waals surface area contributed by atoms with E-state index in [-0.39, 0.29) is 11.7 Å². The van der Waals surface area contributed by atoms with E-state index < -0.39 is 0 Å². The number of nitrogens with zero attached hydrogens (tertiary/aromatic N) is 4. The van der Waals surface area contributed by atoms with E-state index in [1.165, 1.54) is 42.4 Å². The number of ether oxygens (including phenoxy) is 1. The van der Waals surface area contributed by atoms with Crippen LogP contribution in [0.4, 0.5) is 5.13 Å². The summed E-state index contributed by atoms with van der Waals surface area (Å²) in [5, 5.41) is 15.1. The number of rotatable bonds is 7. The zero-order chi connectivity index (χ0) is 20.9. The van der Waals surface area contributed by atoms with Gasteiger partial charge in [0, 0.05) is 11.4 Å². The summed E-state index contributed by atoms with van der Waals surface area (Å²) in [6, 6.07) is 8.21. The lowest BCUT2D eigenvalue weighted by Gasteiger charge is -2.26. The Morgan fingerprint density at radius 1 is 1.27 bits per heavy atom. The van der Waals surface area contributed by atoms with E-state index in [4.69, 9.17) is 4.74 Å². The molecule has 2 aromatic heterocycles. The monoisotopic (exact) mass is 443 g/mol. The third-order valence-electron chi connectivity index (χ3n) is 5.15. The second-order valence-corrected chi connectivity index (χ2v) is 9.10. The number of benzene rings is 1. The molecule has 0 bridgehead atoms. The summed E-state index contributed by atoms with van der Waals surface area (Å²) >= 11 is 2.85. The molecule has 0 aliphatic heterocycles. The number of aromatic nitrogens is 4. The zero-order valence-electron chi connectivity index (χ0n) is 17.1. The maximum atomic E-state index is 12.4. The number of carbonyl (C=O) groups excluding carboxylic acids is 1. The van der Waals surface area contributed by atoms with Crippen molar-refractivity contribution in [1.29, 1.82) is 0 Å². The number of hydrogen-bond donors (Lipinski definition) is 1. The number of nitrogens with one attached hydrogen (secondary N) is 1. The minimum atomic E-state index is -0.0913. The fraction of sp³-hybridized carbons (Fsp3) is 0.429. The normalized spacial score (nSPS) is 14.6. The van der Waals surface area contributed by atoms with Crippen molar-refractivity contribution >= 4 is 34.1 Å². The minimum absolute atomic E-state index is 0.0913. The Kier molecular flexibility index (Phi) is 6.69. The number of thiazole rings is 1. The fourth-order valence-electron chi connectivity index (χ4n) is 3.75. The molecule has 1 fully saturated rings. The second-order valence-electron chi connectivity index (χ2n) is 7.30. The number of hydrogen-bond acceptors (Lipinski definition) is 7. The van der Waals surface area contributed by atoms with Crippen molar-refractivity contribution in [3.05, 3.63) is 35.3 Å². The van der Waals surface area contributed by atoms with Gasteiger partial charge in [0.1, 0.15) is 5.75 Å². The summed E-state index contributed by atoms with van der Waals surface area (Å²) in [7, 11) is 1.67. The molecular formula is C21H25N5O2S2. The summed E-state index contributed by atoms with van der Waals surface area (Å²) in [6.45, 7) is 1.91. The van der Waals surface area contributed by atoms with Gasteiger partial charge in [-0.15, -0.1) is 21.5 Å². The van der Waals surface area contributed by atoms with Gasteiger partial charge in [0.25, 0.3) is 0 Å². The van der Waals surface area contributed by atoms with Gasteiger partial charge in [-0.1, -0.05) is 43.2 Å². The number of methoxy groups -OCH3 is 1. The first kappa shape index (κ1) is 20.9. The summed E-state index contributed by atoms with van der Waals surface area (Å²) in [5.41, 5.74) is 1.83. The maximum absolute atomic E-state index is 12.4. The predicted octanol–water partition coefficient (Wildman–Crippen LogP) is 4.95. The quantitative estimate of drug-likeness (QED) is 0.520. The molecule has 9 heteroatoms. The van der Waals surface area contributed by atoms with E-state index >= 15 is 0 Å². The molecule has 1 aromatic carbocycles. The van der Waals surface area contributed by atoms with Crippen molar-refractivity contribution in [2.24, 2.45) is 0 Å². The van der Waals surface area contributed by atoms with Crippen LogP contribution in [0.2, 0.25) is 0 Å². The third-order valence-corrected chi connectivity index (χ3v) is 6.97. The van der Waals surface area contributed by atoms with E-state index in [0.717, 1.165) is 40.8 Å². The summed E-state index contributed by atoms with van der Waals surface area (Å²) in [6.07, 6.45) is 5.85. The largest absolute Gasteiger partial charge is 0.496 e. The molecular weight excluding hydrogens is 418 g/mol. The lowest BCUT2D eigenvalue weighted by molar-refractivity contribution is -0.113. The first-order chi connectivity index (χ1) is 14.7. The molecule has 3 aromatic rings. The van der Waals surface area contributed by atoms with Crippen LogP contribution in [0.3, 0.4) is 0 Å². The zero-order valence-corrected chi connectivity index (χ0v) is 18.8. The number of carbonyl (C=O) groups is 1. The van der Waals surface area contributed by atoms with E-state index in [9.17, 15) is 4.79 Å². The van der Waals surface area contributed by atoms with Gasteiger partial charge in [-0.3, -0.25) is 9.36 Å². The Labute approximate surface area is 184 Å². The topological polar surface area (TPSA) is 81.9 Å². The van der Waals surface area contributed by atoms with Crippen molar-refractivity contribution in [2.75, 3.05) is 18.2 Å². The average molecular weight is 444 g/mol. The van der Waals surface area contributed by atoms with Crippen molar-refractivity contribution in [3.63, 3.8) is 0 Å². The van der Waals surface area contributed by atoms with Crippen LogP contribution in [0.1, 0.15) is 43.8 Å². The SMILES string of the molecule is COc1ccccc1-c1nnc(SCC(=O)Nc2nc(C)cs2)n1C1CCCCC1. The minimum Gasteiger partial charge on any atom is -0.496 e. The second kappa shape index (κ2) is 9.61. The molecule has 0 radical (unpaired) electrons. The van der Waals surface area contributed by atoms with Crippen LogP contribution in [0.15, 0.2) is 34.8 Å². The maximum Gasteiger partial charge on any atom is 0.236 e. The van der Waals surface area contributed by atoms with E-state index in [1.54, 1.807) is 7.11 Å². The first-order valence-corrected chi connectivity index (χ1v) is 12.0. The van der Waals surface area contributed by atoms with Gasteiger partial charge >= 0.3 is 0 Å². The predicted molar refractivity (Wildman–Crippen MR) is 120 cm³/mol. The van der Waals surface area contributed by atoms with Gasteiger partial charge in [0.05, 0.1) is 24.1 Å². The van der Waals surface area contributed by atoms with Crippen LogP contribution < -0.4 is 10.1 Å². The van der Waals surface area contributed by atoms with E-state index in [1.807, 2.05) is 36.6 Å². The van der Waals surface area contributed by atoms with Gasteiger partial charge in [-0.05, 0) is 31.9 Å². The summed E-state index contributed by atoms with van der Waals surface area (Å²) in [5.74, 6) is 1.75. The highest BCUT2D eigenvalue weighted by Gasteiger charge is 2.25. The molecule has 1 N–H and O–H groups in total. The number of thioether (sulfide) groups is 1. The fourth-order valence-corrected chi connectivity index (χ4v) is 5.26. The standard InChI is InChI=1S/C21H25N5O2S2/c1-14-12-29-20(22-14)23-18(27)13-30-21-25-24-19(16-10-6-7-11-17(16)28-2)26(21)15-8-4-3-5-9-15/h6-7,10-12,15H,3-5,8-9,13H2,1-2H3,(H,22,23,27). The molecule has 158 valence electrons. The molecule has 1 aliphatic rings. The molecule has 4 rings (SSSR count). The van der Waals surface area contributed by atoms with Gasteiger partial charge in [0.15, 0.2) is 16.1 Å². The highest BCUT2D eigenvalue weighted by Crippen LogP contribution is 2.38. The first-order valence-electron chi connectivity index (χ1n) is 10.1. The highest BCUT2D eigenvalue weighted by molar-refractivity contribution is 7.99. The number of aryl methyl sites for hydroxylation is 1. The molecule has 1 aliphatic carbocycles. The summed E-state index contributed by atoms with van der Waals surface area (Å²) in [4.78, 5) is 16.7. The number of amides is 1. The Morgan fingerprint density at radius 3 is 2.80 bits per heavy atom. The third kappa shape index (κ3) is 4.67. The molecule has 0 spiro atoms. The molecule has 0 saturated heterocycles. The molecule has 0 atom stereocenters. The van der Waals surface area contributed by atoms with Gasteiger partial charge in [-0.25, -0.2) is 4.98 Å². The molecule has 7 nitrogen and oxygen atoms in total. The van der Waals surface area contributed by atoms with E-state index in [0.29, 0.717) is 11.2 Å². The van der Waals surface area contributed by atoms with Crippen LogP contribution in [0.25, 0.3) is 11.4 Å². The Balaban J connectivity index is 1.58. The van der Waals surface area contributed by atoms with Gasteiger partial charge in [0.2, 0.25) is 5.91 Å². The average Bonchev–Trinajstić information content (AvgIpc) is 3.38. The molecule has 30 heavy (non-hydrogen) atoms. The Morgan fingerprint density at radius 2 is 2.07 bits per heavy atom. The van der Waals surface area contributed by atoms with Crippen molar-refractivity contribution in [2.45, 2.75) is 50.2 Å². The van der Waals surface area contributed by atoms with Crippen LogP contribution in [0.5, 0.6) is 5.75 Å². The molecule has 1 amide bonds. The van der Waals surface area contributed by atoms with Crippen LogP contribution in [-0.2, 0) is 4.79 Å². The van der Waals surface area contributed by atoms with Crippen LogP contribution in [0, 0.1) is 6.92 Å². The van der Waals surface area contributed by atoms with Gasteiger partial charge in [-0.2, -0.15) is 0 Å². The molecule has 0 unspecified atom stereocenters. The Hall–Kier alpha value is -2.39. The lowest BCUT2D eigenvalue weighted by atomic mass is 9.95. The number of anilines is 1. The van der Waals surface area contributed by atoms with Crippen LogP contribution in [-0.4, -0.2) is 38.5 Å². The Bertz CT molecular complexity index is 1010. The smallest absolute Gasteiger partial charge is 0.236 e. The lowest BCUT2D eigenvalue weighted by Crippen LogP contribution is -2.17. The number of para-hydroxylation sites is 1. The highest BCUT2D eigenvalue weighted by atomic mass is 32.2. The van der Waals surface area contributed by atoms with Crippen molar-refractivity contribution < 1.29 is 9.53 Å². The molecule has 1 saturated carbocycles. The van der Waals surface area contributed by atoms with Crippen LogP contribution >= 0.6 is 23.1 Å².